The fourth-order valence-electron chi connectivity index (χ4n) is 5.14. The van der Waals surface area contributed by atoms with Crippen molar-refractivity contribution in [1.82, 2.24) is 15.3 Å². The van der Waals surface area contributed by atoms with Crippen LogP contribution in [0.2, 0.25) is 0 Å². The normalized spacial score (nSPS) is 19.1. The van der Waals surface area contributed by atoms with Gasteiger partial charge >= 0.3 is 6.09 Å². The first kappa shape index (κ1) is 24.8. The smallest absolute Gasteiger partial charge is 0.430 e. The standard InChI is InChI=1S/C29H32N4O4/c1-36-25-14-12-24(13-15-25)30-28(35)37-32-18-16-29(17-19-32)31-26(20-22-8-4-2-5-9-22)27(34)33(29)21-23-10-6-3-7-11-23/h2-15,26,31H,16-21H2,1H3,(H,30,35). The fourth-order valence-corrected chi connectivity index (χ4v) is 5.14. The number of hydroxylamine groups is 2. The Labute approximate surface area is 217 Å². The number of piperidine rings is 1. The summed E-state index contributed by atoms with van der Waals surface area (Å²) in [5.74, 6) is 0.823. The zero-order valence-electron chi connectivity index (χ0n) is 20.9. The van der Waals surface area contributed by atoms with E-state index in [0.29, 0.717) is 50.3 Å². The van der Waals surface area contributed by atoms with Crippen LogP contribution in [0.15, 0.2) is 84.9 Å². The van der Waals surface area contributed by atoms with Crippen LogP contribution >= 0.6 is 0 Å². The highest BCUT2D eigenvalue weighted by Crippen LogP contribution is 2.35. The summed E-state index contributed by atoms with van der Waals surface area (Å²) < 4.78 is 5.15. The molecule has 192 valence electrons. The second kappa shape index (κ2) is 11.0. The van der Waals surface area contributed by atoms with Gasteiger partial charge < -0.3 is 14.5 Å². The van der Waals surface area contributed by atoms with Gasteiger partial charge in [0.05, 0.1) is 18.8 Å². The number of nitrogens with zero attached hydrogens (tertiary/aromatic N) is 2. The van der Waals surface area contributed by atoms with Gasteiger partial charge in [0.2, 0.25) is 5.91 Å². The number of hydrogen-bond donors (Lipinski definition) is 2. The quantitative estimate of drug-likeness (QED) is 0.506. The topological polar surface area (TPSA) is 83.1 Å². The average Bonchev–Trinajstić information content (AvgIpc) is 3.17. The molecule has 1 atom stereocenters. The largest absolute Gasteiger partial charge is 0.497 e. The number of amides is 2. The van der Waals surface area contributed by atoms with Crippen LogP contribution in [-0.4, -0.2) is 53.9 Å². The molecule has 2 fully saturated rings. The Morgan fingerprint density at radius 1 is 0.946 bits per heavy atom. The van der Waals surface area contributed by atoms with E-state index < -0.39 is 11.8 Å². The number of hydrogen-bond acceptors (Lipinski definition) is 6. The maximum absolute atomic E-state index is 13.6. The Morgan fingerprint density at radius 3 is 2.19 bits per heavy atom. The Balaban J connectivity index is 1.25. The lowest BCUT2D eigenvalue weighted by Gasteiger charge is -2.43. The van der Waals surface area contributed by atoms with E-state index in [4.69, 9.17) is 9.57 Å². The molecule has 2 aliphatic rings. The van der Waals surface area contributed by atoms with Gasteiger partial charge in [-0.1, -0.05) is 60.7 Å². The van der Waals surface area contributed by atoms with Crippen molar-refractivity contribution >= 4 is 17.7 Å². The Hall–Kier alpha value is -3.88. The lowest BCUT2D eigenvalue weighted by molar-refractivity contribution is -0.146. The molecular weight excluding hydrogens is 468 g/mol. The van der Waals surface area contributed by atoms with Crippen LogP contribution in [0.25, 0.3) is 0 Å². The zero-order valence-corrected chi connectivity index (χ0v) is 20.9. The summed E-state index contributed by atoms with van der Waals surface area (Å²) in [7, 11) is 1.59. The number of rotatable bonds is 7. The van der Waals surface area contributed by atoms with Crippen molar-refractivity contribution in [3.05, 3.63) is 96.1 Å². The molecule has 2 amide bonds. The molecule has 37 heavy (non-hydrogen) atoms. The predicted molar refractivity (Wildman–Crippen MR) is 141 cm³/mol. The van der Waals surface area contributed by atoms with Gasteiger partial charge in [0.25, 0.3) is 0 Å². The van der Waals surface area contributed by atoms with Gasteiger partial charge in [-0.25, -0.2) is 4.79 Å². The number of ether oxygens (including phenoxy) is 1. The van der Waals surface area contributed by atoms with Crippen molar-refractivity contribution in [2.45, 2.75) is 37.5 Å². The molecule has 0 radical (unpaired) electrons. The molecule has 1 unspecified atom stereocenters. The molecule has 0 aromatic heterocycles. The van der Waals surface area contributed by atoms with E-state index in [1.54, 1.807) is 36.4 Å². The third-order valence-electron chi connectivity index (χ3n) is 7.09. The van der Waals surface area contributed by atoms with Crippen LogP contribution in [0.3, 0.4) is 0 Å². The van der Waals surface area contributed by atoms with Crippen LogP contribution in [0.4, 0.5) is 10.5 Å². The van der Waals surface area contributed by atoms with Crippen LogP contribution in [0, 0.1) is 0 Å². The van der Waals surface area contributed by atoms with E-state index in [1.807, 2.05) is 53.4 Å². The minimum absolute atomic E-state index is 0.110. The average molecular weight is 501 g/mol. The lowest BCUT2D eigenvalue weighted by Crippen LogP contribution is -2.58. The van der Waals surface area contributed by atoms with Gasteiger partial charge in [-0.2, -0.15) is 0 Å². The highest BCUT2D eigenvalue weighted by atomic mass is 16.7. The monoisotopic (exact) mass is 500 g/mol. The molecule has 2 heterocycles. The number of nitrogens with one attached hydrogen (secondary N) is 2. The molecule has 3 aromatic carbocycles. The second-order valence-corrected chi connectivity index (χ2v) is 9.49. The number of benzene rings is 3. The summed E-state index contributed by atoms with van der Waals surface area (Å²) in [5.41, 5.74) is 2.36. The highest BCUT2D eigenvalue weighted by Gasteiger charge is 2.51. The van der Waals surface area contributed by atoms with Gasteiger partial charge in [0, 0.05) is 38.2 Å². The van der Waals surface area contributed by atoms with Gasteiger partial charge in [-0.05, 0) is 41.8 Å². The van der Waals surface area contributed by atoms with Crippen LogP contribution in [0.5, 0.6) is 5.75 Å². The molecule has 1 spiro atoms. The summed E-state index contributed by atoms with van der Waals surface area (Å²) in [6, 6.07) is 26.9. The van der Waals surface area contributed by atoms with Crippen LogP contribution < -0.4 is 15.4 Å². The summed E-state index contributed by atoms with van der Waals surface area (Å²) in [5, 5.41) is 8.10. The maximum Gasteiger partial charge on any atom is 0.430 e. The Bertz CT molecular complexity index is 1200. The van der Waals surface area contributed by atoms with E-state index in [-0.39, 0.29) is 11.9 Å². The summed E-state index contributed by atoms with van der Waals surface area (Å²) in [4.78, 5) is 33.7. The summed E-state index contributed by atoms with van der Waals surface area (Å²) >= 11 is 0. The van der Waals surface area contributed by atoms with Crippen molar-refractivity contribution in [3.8, 4) is 5.75 Å². The minimum atomic E-state index is -0.542. The molecule has 3 aromatic rings. The van der Waals surface area contributed by atoms with E-state index in [9.17, 15) is 9.59 Å². The van der Waals surface area contributed by atoms with E-state index >= 15 is 0 Å². The van der Waals surface area contributed by atoms with Gasteiger partial charge in [-0.3, -0.25) is 15.4 Å². The SMILES string of the molecule is COc1ccc(NC(=O)ON2CCC3(CC2)NC(Cc2ccccc2)C(=O)N3Cc2ccccc2)cc1. The van der Waals surface area contributed by atoms with Gasteiger partial charge in [0.15, 0.2) is 0 Å². The predicted octanol–water partition coefficient (Wildman–Crippen LogP) is 4.19. The Morgan fingerprint density at radius 2 is 1.57 bits per heavy atom. The number of carbonyl (C=O) groups excluding carboxylic acids is 2. The molecule has 2 aliphatic heterocycles. The molecule has 0 saturated carbocycles. The molecule has 0 bridgehead atoms. The molecular formula is C29H32N4O4. The van der Waals surface area contributed by atoms with Gasteiger partial charge in [0.1, 0.15) is 5.75 Å². The Kier molecular flexibility index (Phi) is 7.39. The van der Waals surface area contributed by atoms with Crippen molar-refractivity contribution in [3.63, 3.8) is 0 Å². The molecule has 2 N–H and O–H groups in total. The number of carbonyl (C=O) groups is 2. The van der Waals surface area contributed by atoms with Crippen molar-refractivity contribution in [1.29, 1.82) is 0 Å². The second-order valence-electron chi connectivity index (χ2n) is 9.49. The number of anilines is 1. The van der Waals surface area contributed by atoms with Crippen LogP contribution in [-0.2, 0) is 22.6 Å². The van der Waals surface area contributed by atoms with Crippen molar-refractivity contribution in [2.75, 3.05) is 25.5 Å². The summed E-state index contributed by atoms with van der Waals surface area (Å²) in [6.07, 6.45) is 1.39. The van der Waals surface area contributed by atoms with Gasteiger partial charge in [-0.15, -0.1) is 5.06 Å². The molecule has 8 heteroatoms. The zero-order chi connectivity index (χ0) is 25.7. The van der Waals surface area contributed by atoms with Crippen LogP contribution in [0.1, 0.15) is 24.0 Å². The maximum atomic E-state index is 13.6. The fraction of sp³-hybridized carbons (Fsp3) is 0.310. The highest BCUT2D eigenvalue weighted by molar-refractivity contribution is 5.86. The van der Waals surface area contributed by atoms with E-state index in [1.165, 1.54) is 0 Å². The molecule has 8 nitrogen and oxygen atoms in total. The van der Waals surface area contributed by atoms with E-state index in [0.717, 1.165) is 11.1 Å². The first-order valence-corrected chi connectivity index (χ1v) is 12.6. The summed E-state index contributed by atoms with van der Waals surface area (Å²) in [6.45, 7) is 1.57. The first-order chi connectivity index (χ1) is 18.0. The first-order valence-electron chi connectivity index (χ1n) is 12.6. The minimum Gasteiger partial charge on any atom is -0.497 e. The molecule has 5 rings (SSSR count). The number of methoxy groups -OCH3 is 1. The third-order valence-corrected chi connectivity index (χ3v) is 7.09. The molecule has 2 saturated heterocycles. The third kappa shape index (κ3) is 5.76. The van der Waals surface area contributed by atoms with E-state index in [2.05, 4.69) is 22.8 Å². The van der Waals surface area contributed by atoms with Crippen molar-refractivity contribution in [2.24, 2.45) is 0 Å². The lowest BCUT2D eigenvalue weighted by atomic mass is 9.96. The van der Waals surface area contributed by atoms with Crippen molar-refractivity contribution < 1.29 is 19.2 Å². The molecule has 0 aliphatic carbocycles.